The molecule has 140 valence electrons. The van der Waals surface area contributed by atoms with Gasteiger partial charge in [-0.05, 0) is 57.6 Å². The zero-order chi connectivity index (χ0) is 19.3. The predicted octanol–water partition coefficient (Wildman–Crippen LogP) is 5.75. The lowest BCUT2D eigenvalue weighted by Crippen LogP contribution is -2.37. The molecule has 1 N–H and O–H groups in total. The van der Waals surface area contributed by atoms with Crippen LogP contribution in [0.1, 0.15) is 25.0 Å². The predicted molar refractivity (Wildman–Crippen MR) is 117 cm³/mol. The van der Waals surface area contributed by atoms with Gasteiger partial charge in [0.15, 0.2) is 0 Å². The third-order valence-electron chi connectivity index (χ3n) is 5.68. The Morgan fingerprint density at radius 2 is 1.18 bits per heavy atom. The first-order chi connectivity index (χ1) is 13.5. The summed E-state index contributed by atoms with van der Waals surface area (Å²) in [4.78, 5) is 2.37. The van der Waals surface area contributed by atoms with Crippen LogP contribution in [0, 0.1) is 0 Å². The van der Waals surface area contributed by atoms with Crippen LogP contribution in [0.4, 0.5) is 0 Å². The smallest absolute Gasteiger partial charge is 0.0718 e. The normalized spacial score (nSPS) is 14.7. The van der Waals surface area contributed by atoms with Gasteiger partial charge in [0.25, 0.3) is 0 Å². The van der Waals surface area contributed by atoms with Crippen LogP contribution in [0.25, 0.3) is 32.7 Å². The number of benzene rings is 4. The maximum Gasteiger partial charge on any atom is 0.0718 e. The van der Waals surface area contributed by atoms with Crippen LogP contribution >= 0.6 is 0 Å². The van der Waals surface area contributed by atoms with E-state index in [4.69, 9.17) is 0 Å². The van der Waals surface area contributed by atoms with Crippen molar-refractivity contribution >= 4 is 21.5 Å². The zero-order valence-corrected chi connectivity index (χ0v) is 16.4. The average molecular weight is 367 g/mol. The SMILES string of the molecule is CC(C)(O)CN1Cc2ccc3ccccc3c2-c2c(ccc3ccccc23)C1. The fourth-order valence-electron chi connectivity index (χ4n) is 4.68. The van der Waals surface area contributed by atoms with Crippen molar-refractivity contribution in [3.63, 3.8) is 0 Å². The maximum absolute atomic E-state index is 10.5. The Labute approximate surface area is 166 Å². The number of hydrogen-bond acceptors (Lipinski definition) is 2. The van der Waals surface area contributed by atoms with Crippen molar-refractivity contribution in [3.05, 3.63) is 83.9 Å². The summed E-state index contributed by atoms with van der Waals surface area (Å²) in [6.07, 6.45) is 0. The first kappa shape index (κ1) is 17.4. The minimum Gasteiger partial charge on any atom is -0.389 e. The highest BCUT2D eigenvalue weighted by molar-refractivity contribution is 6.08. The van der Waals surface area contributed by atoms with Crippen molar-refractivity contribution in [2.75, 3.05) is 6.54 Å². The van der Waals surface area contributed by atoms with Crippen molar-refractivity contribution in [3.8, 4) is 11.1 Å². The molecule has 0 amide bonds. The highest BCUT2D eigenvalue weighted by atomic mass is 16.3. The summed E-state index contributed by atoms with van der Waals surface area (Å²) >= 11 is 0. The number of aliphatic hydroxyl groups is 1. The van der Waals surface area contributed by atoms with Gasteiger partial charge >= 0.3 is 0 Å². The third-order valence-corrected chi connectivity index (χ3v) is 5.68. The lowest BCUT2D eigenvalue weighted by Gasteiger charge is -2.28. The van der Waals surface area contributed by atoms with E-state index in [2.05, 4.69) is 77.7 Å². The molecule has 2 heteroatoms. The molecule has 0 radical (unpaired) electrons. The number of nitrogens with zero attached hydrogens (tertiary/aromatic N) is 1. The van der Waals surface area contributed by atoms with E-state index in [0.717, 1.165) is 13.1 Å². The van der Waals surface area contributed by atoms with E-state index in [-0.39, 0.29) is 0 Å². The van der Waals surface area contributed by atoms with E-state index in [1.807, 2.05) is 13.8 Å². The fourth-order valence-corrected chi connectivity index (χ4v) is 4.68. The van der Waals surface area contributed by atoms with Gasteiger partial charge in [-0.2, -0.15) is 0 Å². The van der Waals surface area contributed by atoms with E-state index < -0.39 is 5.60 Å². The van der Waals surface area contributed by atoms with Gasteiger partial charge in [0.2, 0.25) is 0 Å². The summed E-state index contributed by atoms with van der Waals surface area (Å²) in [5.41, 5.74) is 4.64. The molecule has 5 rings (SSSR count). The molecule has 0 unspecified atom stereocenters. The summed E-state index contributed by atoms with van der Waals surface area (Å²) in [7, 11) is 0. The Balaban J connectivity index is 1.85. The standard InChI is InChI=1S/C26H25NO/c1-26(2,28)17-27-15-20-13-11-18-7-3-5-9-22(18)24(20)25-21(16-27)14-12-19-8-4-6-10-23(19)25/h3-14,28H,15-17H2,1-2H3. The lowest BCUT2D eigenvalue weighted by molar-refractivity contribution is 0.0311. The Morgan fingerprint density at radius 3 is 1.64 bits per heavy atom. The molecule has 1 aliphatic heterocycles. The van der Waals surface area contributed by atoms with E-state index in [1.54, 1.807) is 0 Å². The molecule has 0 spiro atoms. The summed E-state index contributed by atoms with van der Waals surface area (Å²) in [6.45, 7) is 6.10. The molecule has 0 atom stereocenters. The highest BCUT2D eigenvalue weighted by Crippen LogP contribution is 2.42. The fraction of sp³-hybridized carbons (Fsp3) is 0.231. The maximum atomic E-state index is 10.5. The summed E-state index contributed by atoms with van der Waals surface area (Å²) < 4.78 is 0. The van der Waals surface area contributed by atoms with Crippen molar-refractivity contribution in [2.45, 2.75) is 32.5 Å². The third kappa shape index (κ3) is 2.99. The first-order valence-electron chi connectivity index (χ1n) is 9.96. The van der Waals surface area contributed by atoms with Gasteiger partial charge in [-0.25, -0.2) is 0 Å². The minimum absolute atomic E-state index is 0.644. The molecule has 0 bridgehead atoms. The number of fused-ring (bicyclic) bond motifs is 7. The number of hydrogen-bond donors (Lipinski definition) is 1. The van der Waals surface area contributed by atoms with Gasteiger partial charge in [0.1, 0.15) is 0 Å². The van der Waals surface area contributed by atoms with Crippen LogP contribution < -0.4 is 0 Å². The van der Waals surface area contributed by atoms with Gasteiger partial charge in [-0.15, -0.1) is 0 Å². The van der Waals surface area contributed by atoms with Crippen molar-refractivity contribution in [2.24, 2.45) is 0 Å². The molecule has 0 aromatic heterocycles. The summed E-state index contributed by atoms with van der Waals surface area (Å²) in [6, 6.07) is 26.3. The zero-order valence-electron chi connectivity index (χ0n) is 16.4. The molecule has 0 aliphatic carbocycles. The second kappa shape index (κ2) is 6.44. The summed E-state index contributed by atoms with van der Waals surface area (Å²) in [5, 5.41) is 15.6. The van der Waals surface area contributed by atoms with Crippen LogP contribution in [-0.4, -0.2) is 22.2 Å². The van der Waals surface area contributed by atoms with Crippen LogP contribution in [0.5, 0.6) is 0 Å². The van der Waals surface area contributed by atoms with Crippen LogP contribution in [-0.2, 0) is 13.1 Å². The first-order valence-corrected chi connectivity index (χ1v) is 9.96. The Morgan fingerprint density at radius 1 is 0.714 bits per heavy atom. The molecular formula is C26H25NO. The number of rotatable bonds is 2. The molecule has 28 heavy (non-hydrogen) atoms. The molecule has 0 saturated carbocycles. The van der Waals surface area contributed by atoms with E-state index in [1.165, 1.54) is 43.8 Å². The molecule has 4 aromatic rings. The molecule has 0 fully saturated rings. The largest absolute Gasteiger partial charge is 0.389 e. The van der Waals surface area contributed by atoms with E-state index in [0.29, 0.717) is 6.54 Å². The van der Waals surface area contributed by atoms with E-state index >= 15 is 0 Å². The Bertz CT molecular complexity index is 1100. The van der Waals surface area contributed by atoms with Crippen LogP contribution in [0.15, 0.2) is 72.8 Å². The second-order valence-electron chi connectivity index (χ2n) is 8.60. The van der Waals surface area contributed by atoms with Gasteiger partial charge < -0.3 is 5.11 Å². The monoisotopic (exact) mass is 367 g/mol. The lowest BCUT2D eigenvalue weighted by atomic mass is 9.88. The quantitative estimate of drug-likeness (QED) is 0.488. The topological polar surface area (TPSA) is 23.5 Å². The van der Waals surface area contributed by atoms with Crippen LogP contribution in [0.3, 0.4) is 0 Å². The molecule has 4 aromatic carbocycles. The summed E-state index contributed by atoms with van der Waals surface area (Å²) in [5.74, 6) is 0. The van der Waals surface area contributed by atoms with Crippen molar-refractivity contribution in [1.82, 2.24) is 4.90 Å². The Hall–Kier alpha value is -2.68. The highest BCUT2D eigenvalue weighted by Gasteiger charge is 2.26. The Kier molecular flexibility index (Phi) is 4.01. The van der Waals surface area contributed by atoms with Gasteiger partial charge in [0.05, 0.1) is 5.60 Å². The van der Waals surface area contributed by atoms with Crippen LogP contribution in [0.2, 0.25) is 0 Å². The molecule has 1 aliphatic rings. The average Bonchev–Trinajstić information content (AvgIpc) is 2.82. The number of β-amino-alcohol motifs (C(OH)–C–C–N with tert-alkyl or cyclic N) is 1. The molecule has 0 saturated heterocycles. The second-order valence-corrected chi connectivity index (χ2v) is 8.60. The molecular weight excluding hydrogens is 342 g/mol. The van der Waals surface area contributed by atoms with Crippen molar-refractivity contribution in [1.29, 1.82) is 0 Å². The van der Waals surface area contributed by atoms with Gasteiger partial charge in [-0.1, -0.05) is 72.8 Å². The minimum atomic E-state index is -0.724. The van der Waals surface area contributed by atoms with Gasteiger partial charge in [-0.3, -0.25) is 4.90 Å². The van der Waals surface area contributed by atoms with Crippen molar-refractivity contribution < 1.29 is 5.11 Å². The van der Waals surface area contributed by atoms with Gasteiger partial charge in [0, 0.05) is 19.6 Å². The molecule has 1 heterocycles. The van der Waals surface area contributed by atoms with E-state index in [9.17, 15) is 5.11 Å². The molecule has 2 nitrogen and oxygen atoms in total.